The highest BCUT2D eigenvalue weighted by molar-refractivity contribution is 5.90. The van der Waals surface area contributed by atoms with Crippen molar-refractivity contribution in [3.05, 3.63) is 56.4 Å². The molecular weight excluding hydrogens is 472 g/mol. The maximum atomic E-state index is 13.5. The van der Waals surface area contributed by atoms with Gasteiger partial charge >= 0.3 is 5.97 Å². The lowest BCUT2D eigenvalue weighted by Crippen LogP contribution is -2.44. The second kappa shape index (κ2) is 8.65. The molecule has 0 spiro atoms. The van der Waals surface area contributed by atoms with Crippen LogP contribution in [0.25, 0.3) is 22.3 Å². The van der Waals surface area contributed by atoms with Gasteiger partial charge in [-0.3, -0.25) is 9.69 Å². The van der Waals surface area contributed by atoms with E-state index in [-0.39, 0.29) is 24.3 Å². The van der Waals surface area contributed by atoms with Crippen molar-refractivity contribution in [1.29, 1.82) is 0 Å². The SMILES string of the molecule is CCc1c2c(nc3cc(CN4CCN(C)CC4)c(O)cc13)-c1cc3c(c(=O)n1C2)COC(=O)[C@]3(O)CC. The second-order valence-corrected chi connectivity index (χ2v) is 10.5. The van der Waals surface area contributed by atoms with E-state index >= 15 is 0 Å². The zero-order valence-electron chi connectivity index (χ0n) is 21.5. The van der Waals surface area contributed by atoms with Crippen molar-refractivity contribution in [3.8, 4) is 17.1 Å². The van der Waals surface area contributed by atoms with Crippen LogP contribution in [0, 0.1) is 0 Å². The Hall–Kier alpha value is -3.27. The van der Waals surface area contributed by atoms with Crippen molar-refractivity contribution in [2.45, 2.75) is 52.0 Å². The summed E-state index contributed by atoms with van der Waals surface area (Å²) in [5, 5.41) is 23.0. The Kier molecular flexibility index (Phi) is 5.63. The van der Waals surface area contributed by atoms with Crippen molar-refractivity contribution in [3.63, 3.8) is 0 Å². The van der Waals surface area contributed by atoms with Crippen LogP contribution in [-0.2, 0) is 41.2 Å². The van der Waals surface area contributed by atoms with Crippen molar-refractivity contribution < 1.29 is 19.7 Å². The van der Waals surface area contributed by atoms with Crippen LogP contribution in [0.1, 0.15) is 48.1 Å². The van der Waals surface area contributed by atoms with E-state index in [9.17, 15) is 19.8 Å². The number of aromatic nitrogens is 2. The van der Waals surface area contributed by atoms with E-state index in [0.29, 0.717) is 42.0 Å². The molecule has 0 unspecified atom stereocenters. The molecule has 1 atom stereocenters. The third-order valence-corrected chi connectivity index (χ3v) is 8.35. The number of aliphatic hydroxyl groups is 1. The van der Waals surface area contributed by atoms with Crippen molar-refractivity contribution in [2.24, 2.45) is 0 Å². The maximum absolute atomic E-state index is 13.5. The number of phenolic OH excluding ortho intramolecular Hbond substituents is 1. The lowest BCUT2D eigenvalue weighted by Gasteiger charge is -2.32. The van der Waals surface area contributed by atoms with E-state index in [0.717, 1.165) is 53.8 Å². The maximum Gasteiger partial charge on any atom is 0.343 e. The van der Waals surface area contributed by atoms with Gasteiger partial charge in [0.2, 0.25) is 0 Å². The average molecular weight is 505 g/mol. The van der Waals surface area contributed by atoms with Crippen LogP contribution in [0.3, 0.4) is 0 Å². The first-order valence-electron chi connectivity index (χ1n) is 13.0. The monoisotopic (exact) mass is 504 g/mol. The summed E-state index contributed by atoms with van der Waals surface area (Å²) in [6.07, 6.45) is 0.816. The first-order valence-corrected chi connectivity index (χ1v) is 13.0. The number of piperazine rings is 1. The highest BCUT2D eigenvalue weighted by Crippen LogP contribution is 2.41. The minimum Gasteiger partial charge on any atom is -0.508 e. The number of likely N-dealkylation sites (N-methyl/N-ethyl adjacent to an activating group) is 1. The predicted octanol–water partition coefficient (Wildman–Crippen LogP) is 2.09. The molecule has 0 amide bonds. The number of esters is 1. The Morgan fingerprint density at radius 3 is 2.54 bits per heavy atom. The molecule has 3 aliphatic heterocycles. The Morgan fingerprint density at radius 1 is 1.08 bits per heavy atom. The first kappa shape index (κ1) is 24.1. The molecule has 2 aromatic heterocycles. The molecule has 0 aliphatic carbocycles. The van der Waals surface area contributed by atoms with Crippen molar-refractivity contribution >= 4 is 16.9 Å². The Balaban J connectivity index is 1.50. The molecule has 5 heterocycles. The van der Waals surface area contributed by atoms with Crippen LogP contribution in [0.15, 0.2) is 23.0 Å². The van der Waals surface area contributed by atoms with Crippen LogP contribution >= 0.6 is 0 Å². The molecule has 9 heteroatoms. The molecule has 1 fully saturated rings. The Labute approximate surface area is 214 Å². The van der Waals surface area contributed by atoms with Crippen LogP contribution < -0.4 is 5.56 Å². The quantitative estimate of drug-likeness (QED) is 0.407. The van der Waals surface area contributed by atoms with Crippen LogP contribution in [0.5, 0.6) is 5.75 Å². The van der Waals surface area contributed by atoms with Gasteiger partial charge in [0.1, 0.15) is 12.4 Å². The fourth-order valence-electron chi connectivity index (χ4n) is 6.02. The number of cyclic esters (lactones) is 1. The van der Waals surface area contributed by atoms with Crippen molar-refractivity contribution in [1.82, 2.24) is 19.4 Å². The number of hydrogen-bond acceptors (Lipinski definition) is 8. The summed E-state index contributed by atoms with van der Waals surface area (Å²) in [4.78, 5) is 35.6. The number of hydrogen-bond donors (Lipinski definition) is 2. The smallest absolute Gasteiger partial charge is 0.343 e. The third-order valence-electron chi connectivity index (χ3n) is 8.35. The Bertz CT molecular complexity index is 1510. The van der Waals surface area contributed by atoms with Gasteiger partial charge in [-0.25, -0.2) is 9.78 Å². The molecule has 37 heavy (non-hydrogen) atoms. The van der Waals surface area contributed by atoms with Gasteiger partial charge in [-0.1, -0.05) is 13.8 Å². The van der Waals surface area contributed by atoms with Crippen LogP contribution in [-0.4, -0.2) is 68.8 Å². The van der Waals surface area contributed by atoms with Crippen molar-refractivity contribution in [2.75, 3.05) is 33.2 Å². The molecule has 0 bridgehead atoms. The van der Waals surface area contributed by atoms with E-state index in [1.54, 1.807) is 17.6 Å². The molecule has 6 rings (SSSR count). The summed E-state index contributed by atoms with van der Waals surface area (Å²) in [7, 11) is 2.12. The topological polar surface area (TPSA) is 108 Å². The molecule has 1 aromatic carbocycles. The number of phenols is 1. The number of nitrogens with zero attached hydrogens (tertiary/aromatic N) is 4. The first-order chi connectivity index (χ1) is 17.7. The summed E-state index contributed by atoms with van der Waals surface area (Å²) < 4.78 is 6.84. The summed E-state index contributed by atoms with van der Waals surface area (Å²) in [6.45, 7) is 8.47. The Morgan fingerprint density at radius 2 is 1.84 bits per heavy atom. The molecule has 9 nitrogen and oxygen atoms in total. The number of pyridine rings is 2. The number of aryl methyl sites for hydroxylation is 1. The van der Waals surface area contributed by atoms with Gasteiger partial charge in [0, 0.05) is 54.8 Å². The minimum atomic E-state index is -1.85. The highest BCUT2D eigenvalue weighted by atomic mass is 16.6. The lowest BCUT2D eigenvalue weighted by atomic mass is 9.86. The summed E-state index contributed by atoms with van der Waals surface area (Å²) in [6, 6.07) is 5.52. The predicted molar refractivity (Wildman–Crippen MR) is 138 cm³/mol. The van der Waals surface area contributed by atoms with Gasteiger partial charge in [0.25, 0.3) is 5.56 Å². The van der Waals surface area contributed by atoms with E-state index in [4.69, 9.17) is 9.72 Å². The zero-order chi connectivity index (χ0) is 26.1. The molecule has 1 saturated heterocycles. The van der Waals surface area contributed by atoms with Gasteiger partial charge in [-0.15, -0.1) is 0 Å². The van der Waals surface area contributed by atoms with E-state index in [2.05, 4.69) is 23.8 Å². The number of ether oxygens (including phenoxy) is 1. The standard InChI is InChI=1S/C28H32N4O5/c1-4-17-18-11-24(33)16(13-31-8-6-30(3)7-9-31)10-22(18)29-25-19(17)14-32-23(25)12-21-20(26(32)34)15-37-27(35)28(21,36)5-2/h10-12,33,36H,4-9,13-15H2,1-3H3/t28-/m0/s1. The fourth-order valence-corrected chi connectivity index (χ4v) is 6.02. The molecule has 3 aliphatic rings. The van der Waals surface area contributed by atoms with E-state index < -0.39 is 11.6 Å². The number of benzene rings is 1. The van der Waals surface area contributed by atoms with E-state index in [1.165, 1.54) is 0 Å². The van der Waals surface area contributed by atoms with Gasteiger partial charge in [-0.05, 0) is 43.7 Å². The third kappa shape index (κ3) is 3.59. The van der Waals surface area contributed by atoms with Gasteiger partial charge < -0.3 is 24.4 Å². The normalized spacial score (nSPS) is 21.6. The summed E-state index contributed by atoms with van der Waals surface area (Å²) in [5.74, 6) is -0.468. The van der Waals surface area contributed by atoms with E-state index in [1.807, 2.05) is 12.1 Å². The molecule has 0 radical (unpaired) electrons. The lowest BCUT2D eigenvalue weighted by molar-refractivity contribution is -0.172. The summed E-state index contributed by atoms with van der Waals surface area (Å²) >= 11 is 0. The molecular formula is C28H32N4O5. The molecule has 3 aromatic rings. The molecule has 194 valence electrons. The molecule has 0 saturated carbocycles. The second-order valence-electron chi connectivity index (χ2n) is 10.5. The van der Waals surface area contributed by atoms with Gasteiger partial charge in [0.15, 0.2) is 5.60 Å². The number of carbonyl (C=O) groups is 1. The fraction of sp³-hybridized carbons (Fsp3) is 0.464. The van der Waals surface area contributed by atoms with Crippen LogP contribution in [0.2, 0.25) is 0 Å². The van der Waals surface area contributed by atoms with Gasteiger partial charge in [-0.2, -0.15) is 0 Å². The largest absolute Gasteiger partial charge is 0.508 e. The minimum absolute atomic E-state index is 0.106. The molecule has 2 N–H and O–H groups in total. The van der Waals surface area contributed by atoms with Crippen LogP contribution in [0.4, 0.5) is 0 Å². The number of rotatable bonds is 4. The number of carbonyl (C=O) groups excluding carboxylic acids is 1. The van der Waals surface area contributed by atoms with Gasteiger partial charge in [0.05, 0.1) is 29.0 Å². The highest BCUT2D eigenvalue weighted by Gasteiger charge is 2.45. The number of fused-ring (bicyclic) bond motifs is 5. The zero-order valence-corrected chi connectivity index (χ0v) is 21.5. The number of aromatic hydroxyl groups is 1. The summed E-state index contributed by atoms with van der Waals surface area (Å²) in [5.41, 5.74) is 3.38. The average Bonchev–Trinajstić information content (AvgIpc) is 3.25.